The van der Waals surface area contributed by atoms with Crippen molar-refractivity contribution in [3.8, 4) is 0 Å². The van der Waals surface area contributed by atoms with Gasteiger partial charge in [0.15, 0.2) is 0 Å². The normalized spacial score (nSPS) is 19.1. The number of aryl methyl sites for hydroxylation is 1. The molecular formula is C20H24N4O2. The number of para-hydroxylation sites is 1. The van der Waals surface area contributed by atoms with E-state index in [1.165, 1.54) is 0 Å². The van der Waals surface area contributed by atoms with Gasteiger partial charge in [0.05, 0.1) is 18.5 Å². The summed E-state index contributed by atoms with van der Waals surface area (Å²) < 4.78 is 0. The minimum Gasteiger partial charge on any atom is -0.347 e. The van der Waals surface area contributed by atoms with Crippen LogP contribution in [0.4, 0.5) is 5.69 Å². The quantitative estimate of drug-likeness (QED) is 0.639. The second-order valence-corrected chi connectivity index (χ2v) is 6.30. The van der Waals surface area contributed by atoms with Crippen molar-refractivity contribution < 1.29 is 9.59 Å². The molecule has 1 aliphatic rings. The van der Waals surface area contributed by atoms with E-state index in [1.807, 2.05) is 61.5 Å². The average Bonchev–Trinajstić information content (AvgIpc) is 3.17. The molecule has 3 rings (SSSR count). The first-order chi connectivity index (χ1) is 12.7. The lowest BCUT2D eigenvalue weighted by molar-refractivity contribution is -0.127. The second-order valence-electron chi connectivity index (χ2n) is 6.30. The molecule has 1 aliphatic heterocycles. The Morgan fingerprint density at radius 1 is 1.08 bits per heavy atom. The molecule has 2 aromatic rings. The number of hydrazine groups is 1. The number of carbonyl (C=O) groups is 2. The molecule has 2 atom stereocenters. The SMILES string of the molecule is CCc1ccccc1NC(=O)CNC(=O)C1CNNC1c1ccccc1. The largest absolute Gasteiger partial charge is 0.347 e. The molecule has 0 saturated carbocycles. The Labute approximate surface area is 153 Å². The van der Waals surface area contributed by atoms with Gasteiger partial charge in [-0.3, -0.25) is 15.0 Å². The zero-order chi connectivity index (χ0) is 18.4. The highest BCUT2D eigenvalue weighted by Crippen LogP contribution is 2.24. The van der Waals surface area contributed by atoms with Crippen LogP contribution in [0.15, 0.2) is 54.6 Å². The maximum absolute atomic E-state index is 12.5. The van der Waals surface area contributed by atoms with Crippen molar-refractivity contribution in [1.82, 2.24) is 16.2 Å². The maximum atomic E-state index is 12.5. The monoisotopic (exact) mass is 352 g/mol. The standard InChI is InChI=1S/C20H24N4O2/c1-2-14-8-6-7-11-17(14)23-18(25)13-21-20(26)16-12-22-24-19(16)15-9-4-3-5-10-15/h3-11,16,19,22,24H,2,12-13H2,1H3,(H,21,26)(H,23,25). The summed E-state index contributed by atoms with van der Waals surface area (Å²) in [6, 6.07) is 17.4. The third kappa shape index (κ3) is 4.28. The predicted octanol–water partition coefficient (Wildman–Crippen LogP) is 1.77. The Morgan fingerprint density at radius 3 is 2.58 bits per heavy atom. The van der Waals surface area contributed by atoms with Crippen LogP contribution in [0.1, 0.15) is 24.1 Å². The fourth-order valence-electron chi connectivity index (χ4n) is 3.16. The summed E-state index contributed by atoms with van der Waals surface area (Å²) in [5.41, 5.74) is 9.07. The molecule has 2 aromatic carbocycles. The number of hydrogen-bond donors (Lipinski definition) is 4. The molecule has 0 aliphatic carbocycles. The molecule has 0 bridgehead atoms. The van der Waals surface area contributed by atoms with E-state index in [2.05, 4.69) is 21.5 Å². The van der Waals surface area contributed by atoms with Crippen LogP contribution >= 0.6 is 0 Å². The number of amides is 2. The molecule has 2 amide bonds. The van der Waals surface area contributed by atoms with Gasteiger partial charge >= 0.3 is 0 Å². The molecule has 4 N–H and O–H groups in total. The van der Waals surface area contributed by atoms with Crippen molar-refractivity contribution in [3.63, 3.8) is 0 Å². The van der Waals surface area contributed by atoms with E-state index in [-0.39, 0.29) is 30.3 Å². The van der Waals surface area contributed by atoms with E-state index in [9.17, 15) is 9.59 Å². The number of carbonyl (C=O) groups excluding carboxylic acids is 2. The summed E-state index contributed by atoms with van der Waals surface area (Å²) in [7, 11) is 0. The van der Waals surface area contributed by atoms with Crippen molar-refractivity contribution in [2.24, 2.45) is 5.92 Å². The van der Waals surface area contributed by atoms with Gasteiger partial charge in [-0.05, 0) is 23.6 Å². The summed E-state index contributed by atoms with van der Waals surface area (Å²) in [5.74, 6) is -0.641. The summed E-state index contributed by atoms with van der Waals surface area (Å²) >= 11 is 0. The van der Waals surface area contributed by atoms with Gasteiger partial charge in [0.1, 0.15) is 0 Å². The Hall–Kier alpha value is -2.70. The molecule has 1 fully saturated rings. The predicted molar refractivity (Wildman–Crippen MR) is 101 cm³/mol. The summed E-state index contributed by atoms with van der Waals surface area (Å²) in [6.07, 6.45) is 0.834. The molecule has 2 unspecified atom stereocenters. The molecule has 1 heterocycles. The van der Waals surface area contributed by atoms with Crippen LogP contribution in [0.25, 0.3) is 0 Å². The maximum Gasteiger partial charge on any atom is 0.243 e. The van der Waals surface area contributed by atoms with Crippen LogP contribution in [0.3, 0.4) is 0 Å². The Balaban J connectivity index is 1.55. The van der Waals surface area contributed by atoms with Gasteiger partial charge in [0, 0.05) is 12.2 Å². The number of benzene rings is 2. The fraction of sp³-hybridized carbons (Fsp3) is 0.300. The minimum absolute atomic E-state index is 0.0467. The Morgan fingerprint density at radius 2 is 1.81 bits per heavy atom. The third-order valence-corrected chi connectivity index (χ3v) is 4.57. The van der Waals surface area contributed by atoms with Crippen LogP contribution in [0.2, 0.25) is 0 Å². The van der Waals surface area contributed by atoms with Crippen LogP contribution in [0, 0.1) is 5.92 Å². The molecule has 0 aromatic heterocycles. The molecule has 1 saturated heterocycles. The molecule has 0 radical (unpaired) electrons. The fourth-order valence-corrected chi connectivity index (χ4v) is 3.16. The van der Waals surface area contributed by atoms with Gasteiger partial charge in [0.2, 0.25) is 11.8 Å². The first-order valence-corrected chi connectivity index (χ1v) is 8.88. The highest BCUT2D eigenvalue weighted by Gasteiger charge is 2.33. The van der Waals surface area contributed by atoms with Crippen LogP contribution in [-0.4, -0.2) is 24.9 Å². The van der Waals surface area contributed by atoms with E-state index in [0.29, 0.717) is 6.54 Å². The number of hydrogen-bond acceptors (Lipinski definition) is 4. The molecular weight excluding hydrogens is 328 g/mol. The lowest BCUT2D eigenvalue weighted by Gasteiger charge is -2.18. The van der Waals surface area contributed by atoms with E-state index < -0.39 is 0 Å². The zero-order valence-corrected chi connectivity index (χ0v) is 14.8. The van der Waals surface area contributed by atoms with Gasteiger partial charge in [-0.15, -0.1) is 0 Å². The van der Waals surface area contributed by atoms with Gasteiger partial charge in [0.25, 0.3) is 0 Å². The van der Waals surface area contributed by atoms with Crippen molar-refractivity contribution in [2.45, 2.75) is 19.4 Å². The van der Waals surface area contributed by atoms with Crippen molar-refractivity contribution in [2.75, 3.05) is 18.4 Å². The minimum atomic E-state index is -0.270. The molecule has 0 spiro atoms. The van der Waals surface area contributed by atoms with Crippen molar-refractivity contribution in [1.29, 1.82) is 0 Å². The first kappa shape index (κ1) is 18.1. The third-order valence-electron chi connectivity index (χ3n) is 4.57. The van der Waals surface area contributed by atoms with Crippen molar-refractivity contribution >= 4 is 17.5 Å². The van der Waals surface area contributed by atoms with Gasteiger partial charge < -0.3 is 10.6 Å². The van der Waals surface area contributed by atoms with E-state index in [1.54, 1.807) is 0 Å². The van der Waals surface area contributed by atoms with Crippen molar-refractivity contribution in [3.05, 3.63) is 65.7 Å². The number of anilines is 1. The molecule has 26 heavy (non-hydrogen) atoms. The lowest BCUT2D eigenvalue weighted by Crippen LogP contribution is -2.39. The summed E-state index contributed by atoms with van der Waals surface area (Å²) in [6.45, 7) is 2.51. The first-order valence-electron chi connectivity index (χ1n) is 8.88. The number of nitrogens with one attached hydrogen (secondary N) is 4. The van der Waals surface area contributed by atoms with Gasteiger partial charge in [-0.25, -0.2) is 5.43 Å². The van der Waals surface area contributed by atoms with E-state index in [0.717, 1.165) is 23.2 Å². The lowest BCUT2D eigenvalue weighted by atomic mass is 9.94. The smallest absolute Gasteiger partial charge is 0.243 e. The van der Waals surface area contributed by atoms with E-state index >= 15 is 0 Å². The van der Waals surface area contributed by atoms with Crippen LogP contribution in [-0.2, 0) is 16.0 Å². The Kier molecular flexibility index (Phi) is 5.99. The zero-order valence-electron chi connectivity index (χ0n) is 14.8. The highest BCUT2D eigenvalue weighted by molar-refractivity contribution is 5.95. The topological polar surface area (TPSA) is 82.3 Å². The molecule has 6 heteroatoms. The van der Waals surface area contributed by atoms with Gasteiger partial charge in [-0.2, -0.15) is 0 Å². The average molecular weight is 352 g/mol. The van der Waals surface area contributed by atoms with Crippen LogP contribution in [0.5, 0.6) is 0 Å². The van der Waals surface area contributed by atoms with E-state index in [4.69, 9.17) is 0 Å². The molecule has 136 valence electrons. The van der Waals surface area contributed by atoms with Gasteiger partial charge in [-0.1, -0.05) is 55.5 Å². The summed E-state index contributed by atoms with van der Waals surface area (Å²) in [5, 5.41) is 5.62. The number of rotatable bonds is 6. The van der Waals surface area contributed by atoms with Crippen LogP contribution < -0.4 is 21.5 Å². The summed E-state index contributed by atoms with van der Waals surface area (Å²) in [4.78, 5) is 24.7. The second kappa shape index (κ2) is 8.60. The highest BCUT2D eigenvalue weighted by atomic mass is 16.2. The Bertz CT molecular complexity index is 763. The molecule has 6 nitrogen and oxygen atoms in total.